The minimum Gasteiger partial charge on any atom is -0.462 e. The average molecular weight is 342 g/mol. The van der Waals surface area contributed by atoms with Gasteiger partial charge in [0.15, 0.2) is 5.69 Å². The van der Waals surface area contributed by atoms with Gasteiger partial charge in [0.05, 0.1) is 17.0 Å². The summed E-state index contributed by atoms with van der Waals surface area (Å²) in [6.07, 6.45) is 0. The van der Waals surface area contributed by atoms with Gasteiger partial charge in [-0.2, -0.15) is 0 Å². The van der Waals surface area contributed by atoms with Gasteiger partial charge in [0.1, 0.15) is 0 Å². The number of aromatic amines is 1. The van der Waals surface area contributed by atoms with Crippen molar-refractivity contribution in [1.29, 1.82) is 0 Å². The van der Waals surface area contributed by atoms with Gasteiger partial charge in [-0.3, -0.25) is 9.78 Å². The number of hydrogen-bond acceptors (Lipinski definition) is 7. The Morgan fingerprint density at radius 2 is 2.04 bits per heavy atom. The monoisotopic (exact) mass is 342 g/mol. The third-order valence-electron chi connectivity index (χ3n) is 3.11. The molecule has 0 saturated heterocycles. The van der Waals surface area contributed by atoms with E-state index in [1.54, 1.807) is 31.2 Å². The summed E-state index contributed by atoms with van der Waals surface area (Å²) in [6.45, 7) is 2.08. The summed E-state index contributed by atoms with van der Waals surface area (Å²) < 4.78 is 4.92. The molecular formula is C16H14N4O3S. The fourth-order valence-electron chi connectivity index (χ4n) is 2.01. The highest BCUT2D eigenvalue weighted by molar-refractivity contribution is 7.13. The fourth-order valence-corrected chi connectivity index (χ4v) is 2.71. The maximum Gasteiger partial charge on any atom is 0.338 e. The van der Waals surface area contributed by atoms with Gasteiger partial charge < -0.3 is 10.1 Å². The number of esters is 1. The van der Waals surface area contributed by atoms with E-state index in [4.69, 9.17) is 4.74 Å². The Kier molecular flexibility index (Phi) is 4.66. The second-order valence-corrected chi connectivity index (χ2v) is 5.70. The zero-order valence-corrected chi connectivity index (χ0v) is 13.6. The lowest BCUT2D eigenvalue weighted by molar-refractivity contribution is 0.0526. The van der Waals surface area contributed by atoms with Crippen molar-refractivity contribution >= 4 is 28.9 Å². The first kappa shape index (κ1) is 15.9. The summed E-state index contributed by atoms with van der Waals surface area (Å²) in [5.74, 6) is -0.151. The number of carbonyl (C=O) groups is 1. The van der Waals surface area contributed by atoms with E-state index < -0.39 is 0 Å². The number of nitrogens with zero attached hydrogens (tertiary/aromatic N) is 2. The molecule has 2 heterocycles. The summed E-state index contributed by atoms with van der Waals surface area (Å²) in [6, 6.07) is 10.3. The molecule has 0 amide bonds. The van der Waals surface area contributed by atoms with Gasteiger partial charge in [0.25, 0.3) is 5.56 Å². The second kappa shape index (κ2) is 7.05. The lowest BCUT2D eigenvalue weighted by Gasteiger charge is -2.06. The standard InChI is InChI=1S/C16H14N4O3S/c1-2-23-15(22)10-5-7-11(8-6-10)17-16-18-14(21)13(19-20-16)12-4-3-9-24-12/h3-9H,2H2,1H3,(H2,17,18,20,21). The van der Waals surface area contributed by atoms with E-state index in [1.807, 2.05) is 17.5 Å². The van der Waals surface area contributed by atoms with E-state index in [2.05, 4.69) is 20.5 Å². The van der Waals surface area contributed by atoms with Crippen molar-refractivity contribution < 1.29 is 9.53 Å². The van der Waals surface area contributed by atoms with E-state index >= 15 is 0 Å². The molecule has 24 heavy (non-hydrogen) atoms. The van der Waals surface area contributed by atoms with E-state index in [1.165, 1.54) is 11.3 Å². The lowest BCUT2D eigenvalue weighted by Crippen LogP contribution is -2.15. The molecule has 3 rings (SSSR count). The molecule has 0 aliphatic rings. The van der Waals surface area contributed by atoms with Crippen LogP contribution in [-0.4, -0.2) is 27.8 Å². The van der Waals surface area contributed by atoms with Crippen LogP contribution in [0, 0.1) is 0 Å². The van der Waals surface area contributed by atoms with Crippen LogP contribution in [0.2, 0.25) is 0 Å². The molecule has 0 unspecified atom stereocenters. The largest absolute Gasteiger partial charge is 0.462 e. The molecule has 0 fully saturated rings. The van der Waals surface area contributed by atoms with Crippen LogP contribution in [0.4, 0.5) is 11.6 Å². The number of carbonyl (C=O) groups excluding carboxylic acids is 1. The quantitative estimate of drug-likeness (QED) is 0.692. The van der Waals surface area contributed by atoms with Gasteiger partial charge in [-0.15, -0.1) is 21.5 Å². The Hall–Kier alpha value is -3.00. The molecule has 8 heteroatoms. The number of hydrogen-bond donors (Lipinski definition) is 2. The highest BCUT2D eigenvalue weighted by Crippen LogP contribution is 2.19. The highest BCUT2D eigenvalue weighted by Gasteiger charge is 2.09. The number of aromatic nitrogens is 3. The van der Waals surface area contributed by atoms with Crippen LogP contribution in [0.3, 0.4) is 0 Å². The number of thiophene rings is 1. The van der Waals surface area contributed by atoms with Gasteiger partial charge >= 0.3 is 5.97 Å². The Bertz CT molecular complexity index is 888. The molecule has 0 aliphatic carbocycles. The van der Waals surface area contributed by atoms with Crippen LogP contribution < -0.4 is 10.9 Å². The normalized spacial score (nSPS) is 10.4. The molecule has 7 nitrogen and oxygen atoms in total. The molecule has 2 N–H and O–H groups in total. The van der Waals surface area contributed by atoms with E-state index in [-0.39, 0.29) is 23.2 Å². The predicted molar refractivity (Wildman–Crippen MR) is 91.6 cm³/mol. The Labute approximate surface area is 141 Å². The zero-order chi connectivity index (χ0) is 16.9. The van der Waals surface area contributed by atoms with Gasteiger partial charge in [-0.25, -0.2) is 4.79 Å². The number of ether oxygens (including phenoxy) is 1. The Balaban J connectivity index is 1.76. The molecule has 0 radical (unpaired) electrons. The van der Waals surface area contributed by atoms with Crippen molar-refractivity contribution in [2.45, 2.75) is 6.92 Å². The number of H-pyrrole nitrogens is 1. The smallest absolute Gasteiger partial charge is 0.338 e. The summed E-state index contributed by atoms with van der Waals surface area (Å²) >= 11 is 1.42. The zero-order valence-electron chi connectivity index (χ0n) is 12.8. The van der Waals surface area contributed by atoms with Crippen LogP contribution in [0.25, 0.3) is 10.6 Å². The van der Waals surface area contributed by atoms with Crippen molar-refractivity contribution in [3.63, 3.8) is 0 Å². The molecule has 3 aromatic rings. The topological polar surface area (TPSA) is 97.0 Å². The molecule has 0 spiro atoms. The average Bonchev–Trinajstić information content (AvgIpc) is 3.10. The fraction of sp³-hybridized carbons (Fsp3) is 0.125. The van der Waals surface area contributed by atoms with Crippen LogP contribution >= 0.6 is 11.3 Å². The van der Waals surface area contributed by atoms with E-state index in [0.717, 1.165) is 4.88 Å². The number of benzene rings is 1. The first-order chi connectivity index (χ1) is 11.7. The van der Waals surface area contributed by atoms with E-state index in [9.17, 15) is 9.59 Å². The Morgan fingerprint density at radius 1 is 1.25 bits per heavy atom. The lowest BCUT2D eigenvalue weighted by atomic mass is 10.2. The maximum absolute atomic E-state index is 12.1. The number of anilines is 2. The van der Waals surface area contributed by atoms with Gasteiger partial charge in [0, 0.05) is 5.69 Å². The molecule has 0 bridgehead atoms. The number of nitrogens with one attached hydrogen (secondary N) is 2. The van der Waals surface area contributed by atoms with E-state index in [0.29, 0.717) is 17.9 Å². The first-order valence-electron chi connectivity index (χ1n) is 7.22. The van der Waals surface area contributed by atoms with Crippen molar-refractivity contribution in [3.8, 4) is 10.6 Å². The molecule has 2 aromatic heterocycles. The SMILES string of the molecule is CCOC(=O)c1ccc(Nc2nnc(-c3cccs3)c(=O)[nH]2)cc1. The maximum atomic E-state index is 12.1. The van der Waals surface area contributed by atoms with Crippen LogP contribution in [0.15, 0.2) is 46.6 Å². The van der Waals surface area contributed by atoms with Crippen LogP contribution in [0.5, 0.6) is 0 Å². The van der Waals surface area contributed by atoms with Gasteiger partial charge in [-0.05, 0) is 42.6 Å². The van der Waals surface area contributed by atoms with Crippen LogP contribution in [-0.2, 0) is 4.74 Å². The molecule has 0 aliphatic heterocycles. The van der Waals surface area contributed by atoms with Crippen molar-refractivity contribution in [2.75, 3.05) is 11.9 Å². The molecule has 0 atom stereocenters. The summed E-state index contributed by atoms with van der Waals surface area (Å²) in [5, 5.41) is 12.7. The van der Waals surface area contributed by atoms with Crippen molar-refractivity contribution in [1.82, 2.24) is 15.2 Å². The molecular weight excluding hydrogens is 328 g/mol. The summed E-state index contributed by atoms with van der Waals surface area (Å²) in [4.78, 5) is 27.1. The third kappa shape index (κ3) is 3.49. The predicted octanol–water partition coefficient (Wildman–Crippen LogP) is 2.81. The second-order valence-electron chi connectivity index (χ2n) is 4.75. The molecule has 1 aromatic carbocycles. The minimum atomic E-state index is -0.377. The van der Waals surface area contributed by atoms with Gasteiger partial charge in [0.2, 0.25) is 5.95 Å². The minimum absolute atomic E-state index is 0.226. The molecule has 0 saturated carbocycles. The van der Waals surface area contributed by atoms with Crippen molar-refractivity contribution in [3.05, 3.63) is 57.7 Å². The molecule has 122 valence electrons. The third-order valence-corrected chi connectivity index (χ3v) is 3.99. The van der Waals surface area contributed by atoms with Crippen molar-refractivity contribution in [2.24, 2.45) is 0 Å². The van der Waals surface area contributed by atoms with Gasteiger partial charge in [-0.1, -0.05) is 6.07 Å². The summed E-state index contributed by atoms with van der Waals surface area (Å²) in [7, 11) is 0. The Morgan fingerprint density at radius 3 is 2.67 bits per heavy atom. The number of rotatable bonds is 5. The van der Waals surface area contributed by atoms with Crippen LogP contribution in [0.1, 0.15) is 17.3 Å². The summed E-state index contributed by atoms with van der Waals surface area (Å²) in [5.41, 5.74) is 1.08. The highest BCUT2D eigenvalue weighted by atomic mass is 32.1. The first-order valence-corrected chi connectivity index (χ1v) is 8.10.